The smallest absolute Gasteiger partial charge is 0.407 e. The van der Waals surface area contributed by atoms with Crippen molar-refractivity contribution in [2.45, 2.75) is 116 Å². The van der Waals surface area contributed by atoms with Crippen LogP contribution in [0, 0.1) is 11.8 Å². The molecule has 5 N–H and O–H groups in total. The highest BCUT2D eigenvalue weighted by Crippen LogP contribution is 2.51. The van der Waals surface area contributed by atoms with Gasteiger partial charge in [0, 0.05) is 53.1 Å². The number of aromatic nitrogens is 3. The summed E-state index contributed by atoms with van der Waals surface area (Å²) in [5, 5.41) is 23.2. The molecule has 4 aliphatic rings. The maximum absolute atomic E-state index is 14.1. The molecule has 16 heteroatoms. The van der Waals surface area contributed by atoms with E-state index in [1.165, 1.54) is 12.7 Å². The minimum Gasteiger partial charge on any atom is -0.464 e. The van der Waals surface area contributed by atoms with Gasteiger partial charge in [0.15, 0.2) is 0 Å². The number of carbonyl (C=O) groups is 2. The van der Waals surface area contributed by atoms with E-state index in [4.69, 9.17) is 31.1 Å². The Kier molecular flexibility index (Phi) is 15.6. The van der Waals surface area contributed by atoms with E-state index in [1.54, 1.807) is 11.8 Å². The molecular weight excluding hydrogens is 934 g/mol. The fraction of sp³-hybridized carbons (Fsp3) is 0.455. The maximum Gasteiger partial charge on any atom is 0.407 e. The Labute approximate surface area is 426 Å². The van der Waals surface area contributed by atoms with Crippen molar-refractivity contribution in [1.29, 1.82) is 0 Å². The number of aliphatic hydroxyl groups excluding tert-OH is 1. The summed E-state index contributed by atoms with van der Waals surface area (Å²) < 4.78 is 14.2. The lowest BCUT2D eigenvalue weighted by Gasteiger charge is -2.31. The van der Waals surface area contributed by atoms with Crippen LogP contribution in [0.2, 0.25) is 5.02 Å². The van der Waals surface area contributed by atoms with Gasteiger partial charge in [-0.1, -0.05) is 102 Å². The molecule has 0 aliphatic carbocycles. The van der Waals surface area contributed by atoms with Crippen molar-refractivity contribution >= 4 is 57.7 Å². The number of amides is 2. The second-order valence-electron chi connectivity index (χ2n) is 19.6. The number of fused-ring (bicyclic) bond motifs is 5. The molecule has 0 spiro atoms. The van der Waals surface area contributed by atoms with Gasteiger partial charge in [-0.05, 0) is 92.1 Å². The van der Waals surface area contributed by atoms with Gasteiger partial charge in [0.05, 0.1) is 59.2 Å². The van der Waals surface area contributed by atoms with E-state index >= 15 is 0 Å². The number of benzene rings is 3. The first-order valence-corrected chi connectivity index (χ1v) is 26.6. The molecule has 2 unspecified atom stereocenters. The van der Waals surface area contributed by atoms with Crippen molar-refractivity contribution in [3.8, 4) is 28.3 Å². The number of likely N-dealkylation sites (tertiary alicyclic amines) is 2. The van der Waals surface area contributed by atoms with Gasteiger partial charge in [-0.15, -0.1) is 11.8 Å². The number of nitrogens with zero attached hydrogens (tertiary/aromatic N) is 5. The minimum atomic E-state index is -0.712. The van der Waals surface area contributed by atoms with E-state index in [-0.39, 0.29) is 42.1 Å². The maximum atomic E-state index is 14.1. The normalized spacial score (nSPS) is 21.3. The van der Waals surface area contributed by atoms with Crippen LogP contribution in [0.3, 0.4) is 0 Å². The Morgan fingerprint density at radius 2 is 1.85 bits per heavy atom. The highest BCUT2D eigenvalue weighted by Gasteiger charge is 2.39. The number of thioether (sulfide) groups is 1. The van der Waals surface area contributed by atoms with Crippen LogP contribution in [0.5, 0.6) is 5.75 Å². The summed E-state index contributed by atoms with van der Waals surface area (Å²) in [7, 11) is 1.31. The number of halogens is 1. The van der Waals surface area contributed by atoms with Crippen molar-refractivity contribution in [1.82, 2.24) is 40.3 Å². The van der Waals surface area contributed by atoms with E-state index in [0.717, 1.165) is 107 Å². The number of rotatable bonds is 17. The fourth-order valence-corrected chi connectivity index (χ4v) is 12.0. The number of allylic oxidation sites excluding steroid dienone is 1. The van der Waals surface area contributed by atoms with Gasteiger partial charge in [-0.3, -0.25) is 24.6 Å². The summed E-state index contributed by atoms with van der Waals surface area (Å²) in [6.07, 6.45) is 8.09. The molecule has 2 aromatic heterocycles. The number of alkyl carbamates (subject to hydrolysis) is 1. The lowest BCUT2D eigenvalue weighted by atomic mass is 10.0. The fourth-order valence-electron chi connectivity index (χ4n) is 10.7. The minimum absolute atomic E-state index is 0.0153. The Balaban J connectivity index is 1.07. The van der Waals surface area contributed by atoms with Crippen LogP contribution in [-0.2, 0) is 9.53 Å². The third-order valence-corrected chi connectivity index (χ3v) is 15.9. The highest BCUT2D eigenvalue weighted by molar-refractivity contribution is 8.02. The molecule has 2 fully saturated rings. The number of aliphatic imine (C=N–C) groups is 1. The van der Waals surface area contributed by atoms with Gasteiger partial charge >= 0.3 is 6.09 Å². The van der Waals surface area contributed by atoms with Crippen molar-refractivity contribution in [2.75, 3.05) is 33.5 Å². The van der Waals surface area contributed by atoms with Crippen LogP contribution in [0.1, 0.15) is 115 Å². The van der Waals surface area contributed by atoms with E-state index in [1.807, 2.05) is 31.0 Å². The zero-order chi connectivity index (χ0) is 49.9. The van der Waals surface area contributed by atoms with Crippen molar-refractivity contribution in [2.24, 2.45) is 16.8 Å². The van der Waals surface area contributed by atoms with Crippen molar-refractivity contribution < 1.29 is 24.2 Å². The number of nitrogens with one attached hydrogen (secondary N) is 4. The molecule has 9 rings (SSSR count). The molecule has 0 saturated carbocycles. The molecule has 0 bridgehead atoms. The van der Waals surface area contributed by atoms with Gasteiger partial charge in [-0.2, -0.15) is 0 Å². The molecule has 2 amide bonds. The SMILES string of the molecule is CC/C=C(\N=C(/CC)[C@@H]1CCCN1C(=O)[C@H](NC(=O)OC)C(C)C)c1ccc2c(c1)c(Cl)c1n2C(C2=CSC(c3ccccc3)N2)Oc2cc(-c3c[nH]c([C@@H]4CCCN4C[C@@H](NCO)C(C)C)n3)ccc2-1. The second kappa shape index (κ2) is 22.0. The van der Waals surface area contributed by atoms with Crippen LogP contribution < -0.4 is 20.7 Å². The lowest BCUT2D eigenvalue weighted by Crippen LogP contribution is -2.53. The van der Waals surface area contributed by atoms with Gasteiger partial charge in [0.1, 0.15) is 23.0 Å². The molecular formula is C55H68ClN9O5S. The van der Waals surface area contributed by atoms with Gasteiger partial charge in [0.25, 0.3) is 0 Å². The van der Waals surface area contributed by atoms with Gasteiger partial charge < -0.3 is 35.1 Å². The largest absolute Gasteiger partial charge is 0.464 e. The van der Waals surface area contributed by atoms with E-state index in [0.29, 0.717) is 29.7 Å². The number of methoxy groups -OCH3 is 1. The van der Waals surface area contributed by atoms with Gasteiger partial charge in [-0.25, -0.2) is 9.78 Å². The first-order chi connectivity index (χ1) is 34.4. The van der Waals surface area contributed by atoms with Crippen molar-refractivity contribution in [3.05, 3.63) is 112 Å². The van der Waals surface area contributed by atoms with Gasteiger partial charge in [0.2, 0.25) is 12.1 Å². The molecule has 71 heavy (non-hydrogen) atoms. The first kappa shape index (κ1) is 50.4. The number of aliphatic hydroxyl groups is 1. The summed E-state index contributed by atoms with van der Waals surface area (Å²) in [6.45, 7) is 14.8. The zero-order valence-electron chi connectivity index (χ0n) is 41.9. The Morgan fingerprint density at radius 3 is 2.58 bits per heavy atom. The number of carbonyl (C=O) groups excluding carboxylic acids is 2. The van der Waals surface area contributed by atoms with Crippen LogP contribution in [0.4, 0.5) is 4.79 Å². The molecule has 376 valence electrons. The number of hydrogen-bond acceptors (Lipinski definition) is 11. The summed E-state index contributed by atoms with van der Waals surface area (Å²) in [4.78, 5) is 44.8. The monoisotopic (exact) mass is 1000 g/mol. The van der Waals surface area contributed by atoms with Crippen LogP contribution in [0.25, 0.3) is 39.1 Å². The molecule has 0 radical (unpaired) electrons. The number of ether oxygens (including phenoxy) is 2. The lowest BCUT2D eigenvalue weighted by molar-refractivity contribution is -0.134. The van der Waals surface area contributed by atoms with E-state index in [9.17, 15) is 14.7 Å². The molecule has 6 atom stereocenters. The summed E-state index contributed by atoms with van der Waals surface area (Å²) in [6, 6.07) is 22.5. The predicted molar refractivity (Wildman–Crippen MR) is 285 cm³/mol. The topological polar surface area (TPSA) is 161 Å². The average Bonchev–Trinajstić information content (AvgIpc) is 4.25. The average molecular weight is 1000 g/mol. The molecule has 6 heterocycles. The number of aromatic amines is 1. The van der Waals surface area contributed by atoms with E-state index in [2.05, 4.69) is 130 Å². The Hall–Kier alpha value is -5.58. The Bertz CT molecular complexity index is 2820. The second-order valence-corrected chi connectivity index (χ2v) is 21.0. The number of imidazole rings is 1. The number of hydrogen-bond donors (Lipinski definition) is 5. The third kappa shape index (κ3) is 10.3. The molecule has 4 aliphatic heterocycles. The molecule has 2 saturated heterocycles. The highest BCUT2D eigenvalue weighted by atomic mass is 35.5. The summed E-state index contributed by atoms with van der Waals surface area (Å²) in [5.74, 6) is 1.78. The molecule has 5 aromatic rings. The predicted octanol–water partition coefficient (Wildman–Crippen LogP) is 10.8. The standard InChI is InChI=1S/C55H68ClN9O5S/c1-8-15-40(59-39(9-2)45-18-14-25-64(45)53(67)49(33(5)6)62-55(68)69-7)35-21-23-44-38(26-35)48(56)50-37-22-20-36(41-28-57-51(60-41)46-19-13-24-63(46)29-42(32(3)4)58-31-66)27-47(37)70-54(65(44)50)43-30-71-52(61-43)34-16-11-10-12-17-34/h10-12,15-17,20-23,26-28,30,32-33,42,45-46,49,52,54,58,61,66H,8-9,13-14,18-19,24-25,29,31H2,1-7H3,(H,57,60)(H,62,68)/b40-15-,59-39+/t42-,45+,46+,49-,52?,54?/m1/s1. The quantitative estimate of drug-likeness (QED) is 0.0448. The summed E-state index contributed by atoms with van der Waals surface area (Å²) >= 11 is 9.39. The summed E-state index contributed by atoms with van der Waals surface area (Å²) in [5.41, 5.74) is 9.22. The third-order valence-electron chi connectivity index (χ3n) is 14.4. The zero-order valence-corrected chi connectivity index (χ0v) is 43.4. The van der Waals surface area contributed by atoms with Crippen molar-refractivity contribution in [3.63, 3.8) is 0 Å². The number of H-pyrrole nitrogens is 1. The first-order valence-electron chi connectivity index (χ1n) is 25.3. The molecule has 3 aromatic carbocycles. The van der Waals surface area contributed by atoms with E-state index < -0.39 is 18.4 Å². The molecule has 14 nitrogen and oxygen atoms in total. The Morgan fingerprint density at radius 1 is 1.04 bits per heavy atom. The van der Waals surface area contributed by atoms with Crippen LogP contribution >= 0.6 is 23.4 Å². The van der Waals surface area contributed by atoms with Crippen LogP contribution in [0.15, 0.2) is 95.1 Å². The van der Waals surface area contributed by atoms with Crippen LogP contribution in [-0.4, -0.2) is 98.8 Å².